The highest BCUT2D eigenvalue weighted by molar-refractivity contribution is 6.07. The van der Waals surface area contributed by atoms with Crippen molar-refractivity contribution in [2.45, 2.75) is 71.4 Å². The Kier molecular flexibility index (Phi) is 8.71. The number of nitrogens with zero attached hydrogens (tertiary/aromatic N) is 2. The molecular weight excluding hydrogens is 356 g/mol. The third kappa shape index (κ3) is 6.42. The second kappa shape index (κ2) is 10.6. The van der Waals surface area contributed by atoms with Crippen molar-refractivity contribution in [2.75, 3.05) is 39.4 Å². The maximum atomic E-state index is 12.9. The van der Waals surface area contributed by atoms with E-state index in [0.717, 1.165) is 51.8 Å². The Morgan fingerprint density at radius 1 is 1.36 bits per heavy atom. The van der Waals surface area contributed by atoms with Crippen LogP contribution in [0.2, 0.25) is 0 Å². The Bertz CT molecular complexity index is 520. The van der Waals surface area contributed by atoms with Crippen molar-refractivity contribution in [1.29, 1.82) is 5.41 Å². The van der Waals surface area contributed by atoms with Gasteiger partial charge in [0.15, 0.2) is 5.96 Å². The van der Waals surface area contributed by atoms with Crippen LogP contribution in [0.3, 0.4) is 0 Å². The minimum Gasteiger partial charge on any atom is -0.389 e. The molecule has 7 heteroatoms. The van der Waals surface area contributed by atoms with E-state index >= 15 is 0 Å². The summed E-state index contributed by atoms with van der Waals surface area (Å²) in [6.07, 6.45) is 4.41. The SMILES string of the molecule is CCCCOCC(O)CN1CCC(CN2C(=N)NC(C)(CC(C)C)C2=O)CC1. The number of nitrogens with one attached hydrogen (secondary N) is 2. The average Bonchev–Trinajstić information content (AvgIpc) is 2.82. The van der Waals surface area contributed by atoms with Crippen LogP contribution >= 0.6 is 0 Å². The van der Waals surface area contributed by atoms with E-state index in [1.807, 2.05) is 6.92 Å². The summed E-state index contributed by atoms with van der Waals surface area (Å²) in [5.74, 6) is 1.08. The molecule has 0 aromatic rings. The summed E-state index contributed by atoms with van der Waals surface area (Å²) in [5, 5.41) is 21.5. The molecule has 2 rings (SSSR count). The summed E-state index contributed by atoms with van der Waals surface area (Å²) in [6.45, 7) is 12.5. The lowest BCUT2D eigenvalue weighted by molar-refractivity contribution is -0.131. The van der Waals surface area contributed by atoms with Crippen molar-refractivity contribution < 1.29 is 14.6 Å². The molecule has 28 heavy (non-hydrogen) atoms. The quantitative estimate of drug-likeness (QED) is 0.465. The molecule has 2 atom stereocenters. The molecule has 0 bridgehead atoms. The number of carbonyl (C=O) groups is 1. The van der Waals surface area contributed by atoms with Crippen LogP contribution < -0.4 is 5.32 Å². The van der Waals surface area contributed by atoms with Gasteiger partial charge in [0, 0.05) is 19.7 Å². The summed E-state index contributed by atoms with van der Waals surface area (Å²) in [5.41, 5.74) is -0.645. The first kappa shape index (κ1) is 23.1. The molecular formula is C21H40N4O3. The number of aliphatic hydroxyl groups is 1. The minimum atomic E-state index is -0.645. The van der Waals surface area contributed by atoms with Gasteiger partial charge in [-0.15, -0.1) is 0 Å². The largest absolute Gasteiger partial charge is 0.389 e. The van der Waals surface area contributed by atoms with E-state index in [1.165, 1.54) is 0 Å². The van der Waals surface area contributed by atoms with E-state index in [1.54, 1.807) is 4.90 Å². The highest BCUT2D eigenvalue weighted by Crippen LogP contribution is 2.27. The van der Waals surface area contributed by atoms with Crippen LogP contribution in [0.15, 0.2) is 0 Å². The van der Waals surface area contributed by atoms with E-state index in [2.05, 4.69) is 31.0 Å². The molecule has 0 aromatic carbocycles. The molecule has 2 aliphatic heterocycles. The molecule has 2 unspecified atom stereocenters. The topological polar surface area (TPSA) is 88.9 Å². The summed E-state index contributed by atoms with van der Waals surface area (Å²) in [7, 11) is 0. The third-order valence-electron chi connectivity index (χ3n) is 5.77. The lowest BCUT2D eigenvalue weighted by atomic mass is 9.90. The van der Waals surface area contributed by atoms with Gasteiger partial charge in [-0.1, -0.05) is 27.2 Å². The van der Waals surface area contributed by atoms with Crippen LogP contribution in [0.5, 0.6) is 0 Å². The predicted molar refractivity (Wildman–Crippen MR) is 111 cm³/mol. The van der Waals surface area contributed by atoms with Crippen molar-refractivity contribution in [3.63, 3.8) is 0 Å². The van der Waals surface area contributed by atoms with Crippen molar-refractivity contribution in [2.24, 2.45) is 11.8 Å². The van der Waals surface area contributed by atoms with Gasteiger partial charge in [-0.2, -0.15) is 0 Å². The number of likely N-dealkylation sites (tertiary alicyclic amines) is 1. The first-order valence-corrected chi connectivity index (χ1v) is 10.9. The first-order valence-electron chi connectivity index (χ1n) is 10.9. The van der Waals surface area contributed by atoms with Crippen molar-refractivity contribution in [3.05, 3.63) is 0 Å². The van der Waals surface area contributed by atoms with Gasteiger partial charge in [-0.25, -0.2) is 0 Å². The number of amides is 1. The summed E-state index contributed by atoms with van der Waals surface area (Å²) in [4.78, 5) is 16.8. The van der Waals surface area contributed by atoms with E-state index in [4.69, 9.17) is 10.1 Å². The molecule has 0 saturated carbocycles. The van der Waals surface area contributed by atoms with Crippen LogP contribution in [-0.2, 0) is 9.53 Å². The lowest BCUT2D eigenvalue weighted by Gasteiger charge is -2.34. The summed E-state index contributed by atoms with van der Waals surface area (Å²) >= 11 is 0. The third-order valence-corrected chi connectivity index (χ3v) is 5.77. The fourth-order valence-electron chi connectivity index (χ4n) is 4.34. The first-order chi connectivity index (χ1) is 13.2. The number of rotatable bonds is 11. The maximum absolute atomic E-state index is 12.9. The number of ether oxygens (including phenoxy) is 1. The van der Waals surface area contributed by atoms with E-state index in [9.17, 15) is 9.90 Å². The van der Waals surface area contributed by atoms with Crippen molar-refractivity contribution in [1.82, 2.24) is 15.1 Å². The van der Waals surface area contributed by atoms with Crippen LogP contribution in [0.1, 0.15) is 59.8 Å². The Labute approximate surface area is 170 Å². The van der Waals surface area contributed by atoms with Gasteiger partial charge in [-0.3, -0.25) is 15.1 Å². The Morgan fingerprint density at radius 3 is 2.64 bits per heavy atom. The molecule has 0 spiro atoms. The van der Waals surface area contributed by atoms with E-state index in [0.29, 0.717) is 31.5 Å². The number of aliphatic hydroxyl groups excluding tert-OH is 1. The lowest BCUT2D eigenvalue weighted by Crippen LogP contribution is -2.46. The van der Waals surface area contributed by atoms with Gasteiger partial charge in [0.25, 0.3) is 5.91 Å². The number of unbranched alkanes of at least 4 members (excludes halogenated alkanes) is 1. The zero-order chi connectivity index (χ0) is 20.7. The summed E-state index contributed by atoms with van der Waals surface area (Å²) < 4.78 is 5.51. The number of hydrogen-bond donors (Lipinski definition) is 3. The fraction of sp³-hybridized carbons (Fsp3) is 0.905. The molecule has 1 amide bonds. The van der Waals surface area contributed by atoms with E-state index in [-0.39, 0.29) is 11.9 Å². The monoisotopic (exact) mass is 396 g/mol. The second-order valence-electron chi connectivity index (χ2n) is 9.15. The van der Waals surface area contributed by atoms with Crippen molar-refractivity contribution >= 4 is 11.9 Å². The van der Waals surface area contributed by atoms with Gasteiger partial charge in [0.05, 0.1) is 12.7 Å². The van der Waals surface area contributed by atoms with Crippen LogP contribution in [0.4, 0.5) is 0 Å². The fourth-order valence-corrected chi connectivity index (χ4v) is 4.34. The molecule has 162 valence electrons. The number of piperidine rings is 1. The molecule has 0 aliphatic carbocycles. The average molecular weight is 397 g/mol. The number of guanidine groups is 1. The molecule has 2 saturated heterocycles. The number of carbonyl (C=O) groups excluding carboxylic acids is 1. The summed E-state index contributed by atoms with van der Waals surface area (Å²) in [6, 6.07) is 0. The van der Waals surface area contributed by atoms with Gasteiger partial charge >= 0.3 is 0 Å². The highest BCUT2D eigenvalue weighted by Gasteiger charge is 2.46. The molecule has 2 heterocycles. The Hall–Kier alpha value is -1.18. The Balaban J connectivity index is 1.73. The Morgan fingerprint density at radius 2 is 2.04 bits per heavy atom. The van der Waals surface area contributed by atoms with Gasteiger partial charge in [-0.05, 0) is 57.5 Å². The zero-order valence-corrected chi connectivity index (χ0v) is 18.2. The smallest absolute Gasteiger partial charge is 0.254 e. The molecule has 0 radical (unpaired) electrons. The molecule has 7 nitrogen and oxygen atoms in total. The standard InChI is InChI=1S/C21H40N4O3/c1-5-6-11-28-15-18(26)14-24-9-7-17(8-10-24)13-25-19(27)21(4,12-16(2)3)23-20(25)22/h16-18,26H,5-15H2,1-4H3,(H2,22,23). The molecule has 2 aliphatic rings. The number of hydrogen-bond acceptors (Lipinski definition) is 5. The van der Waals surface area contributed by atoms with Gasteiger partial charge in [0.2, 0.25) is 0 Å². The van der Waals surface area contributed by atoms with Crippen LogP contribution in [0.25, 0.3) is 0 Å². The molecule has 2 fully saturated rings. The highest BCUT2D eigenvalue weighted by atomic mass is 16.5. The minimum absolute atomic E-state index is 0.0354. The predicted octanol–water partition coefficient (Wildman–Crippen LogP) is 2.05. The molecule has 3 N–H and O–H groups in total. The number of β-amino-alcohol motifs (C(OH)–C–C–N with tert-alkyl or cyclic N) is 1. The van der Waals surface area contributed by atoms with Gasteiger partial charge in [0.1, 0.15) is 5.54 Å². The van der Waals surface area contributed by atoms with Crippen LogP contribution in [0, 0.1) is 17.2 Å². The van der Waals surface area contributed by atoms with Crippen LogP contribution in [-0.4, -0.2) is 77.8 Å². The maximum Gasteiger partial charge on any atom is 0.254 e. The zero-order valence-electron chi connectivity index (χ0n) is 18.2. The van der Waals surface area contributed by atoms with Gasteiger partial charge < -0.3 is 20.1 Å². The normalized spacial score (nSPS) is 25.6. The van der Waals surface area contributed by atoms with Crippen molar-refractivity contribution in [3.8, 4) is 0 Å². The van der Waals surface area contributed by atoms with E-state index < -0.39 is 11.6 Å². The molecule has 0 aromatic heterocycles. The second-order valence-corrected chi connectivity index (χ2v) is 9.15.